The summed E-state index contributed by atoms with van der Waals surface area (Å²) in [5.74, 6) is 2.37. The maximum Gasteiger partial charge on any atom is 0.253 e. The van der Waals surface area contributed by atoms with E-state index in [0.717, 1.165) is 49.4 Å². The number of methoxy groups -OCH3 is 1. The van der Waals surface area contributed by atoms with Crippen LogP contribution >= 0.6 is 0 Å². The highest BCUT2D eigenvalue weighted by Crippen LogP contribution is 2.24. The lowest BCUT2D eigenvalue weighted by Gasteiger charge is -2.32. The highest BCUT2D eigenvalue weighted by molar-refractivity contribution is 5.94. The number of hydrogen-bond acceptors (Lipinski definition) is 3. The summed E-state index contributed by atoms with van der Waals surface area (Å²) in [4.78, 5) is 14.7. The molecule has 0 saturated carbocycles. The van der Waals surface area contributed by atoms with Crippen LogP contribution in [0.5, 0.6) is 11.5 Å². The Labute approximate surface area is 161 Å². The van der Waals surface area contributed by atoms with Crippen LogP contribution in [0.4, 0.5) is 0 Å². The Morgan fingerprint density at radius 1 is 1.07 bits per heavy atom. The van der Waals surface area contributed by atoms with E-state index in [1.165, 1.54) is 5.56 Å². The van der Waals surface area contributed by atoms with Crippen LogP contribution in [0.2, 0.25) is 0 Å². The van der Waals surface area contributed by atoms with Crippen molar-refractivity contribution in [1.82, 2.24) is 4.90 Å². The van der Waals surface area contributed by atoms with Crippen LogP contribution in [0.3, 0.4) is 0 Å². The fourth-order valence-corrected chi connectivity index (χ4v) is 3.47. The summed E-state index contributed by atoms with van der Waals surface area (Å²) in [5.41, 5.74) is 2.05. The first kappa shape index (κ1) is 19.0. The Kier molecular flexibility index (Phi) is 6.53. The molecule has 0 radical (unpaired) electrons. The van der Waals surface area contributed by atoms with Gasteiger partial charge in [0.25, 0.3) is 5.91 Å². The second-order valence-corrected chi connectivity index (χ2v) is 6.91. The zero-order chi connectivity index (χ0) is 19.1. The predicted octanol–water partition coefficient (Wildman–Crippen LogP) is 4.35. The average molecular weight is 365 g/mol. The number of amides is 1. The molecule has 3 rings (SSSR count). The van der Waals surface area contributed by atoms with Crippen LogP contribution in [-0.4, -0.2) is 37.6 Å². The monoisotopic (exact) mass is 365 g/mol. The van der Waals surface area contributed by atoms with Crippen LogP contribution in [-0.2, 0) is 6.42 Å². The van der Waals surface area contributed by atoms with E-state index in [1.807, 2.05) is 41.3 Å². The first-order valence-corrected chi connectivity index (χ1v) is 9.45. The molecule has 0 unspecified atom stereocenters. The molecule has 4 heteroatoms. The van der Waals surface area contributed by atoms with Crippen LogP contribution in [0, 0.1) is 5.92 Å². The third kappa shape index (κ3) is 5.13. The van der Waals surface area contributed by atoms with Gasteiger partial charge in [0.1, 0.15) is 18.1 Å². The molecular weight excluding hydrogens is 338 g/mol. The van der Waals surface area contributed by atoms with Crippen LogP contribution in [0.15, 0.2) is 61.2 Å². The molecule has 1 aliphatic rings. The number of rotatable bonds is 7. The largest absolute Gasteiger partial charge is 0.497 e. The molecular formula is C23H27NO3. The van der Waals surface area contributed by atoms with Crippen molar-refractivity contribution in [3.63, 3.8) is 0 Å². The molecule has 4 nitrogen and oxygen atoms in total. The Balaban J connectivity index is 1.50. The molecule has 27 heavy (non-hydrogen) atoms. The van der Waals surface area contributed by atoms with Gasteiger partial charge in [-0.1, -0.05) is 24.8 Å². The van der Waals surface area contributed by atoms with Crippen LogP contribution in [0.1, 0.15) is 28.8 Å². The number of hydrogen-bond donors (Lipinski definition) is 0. The van der Waals surface area contributed by atoms with Crippen LogP contribution in [0.25, 0.3) is 0 Å². The maximum atomic E-state index is 12.7. The molecule has 1 aliphatic heterocycles. The molecule has 1 amide bonds. The highest BCUT2D eigenvalue weighted by atomic mass is 16.5. The van der Waals surface area contributed by atoms with E-state index in [2.05, 4.69) is 18.7 Å². The van der Waals surface area contributed by atoms with Crippen molar-refractivity contribution >= 4 is 5.91 Å². The third-order valence-electron chi connectivity index (χ3n) is 5.05. The summed E-state index contributed by atoms with van der Waals surface area (Å²) in [6.07, 6.45) is 4.84. The number of ether oxygens (including phenoxy) is 2. The van der Waals surface area contributed by atoms with E-state index in [1.54, 1.807) is 13.2 Å². The molecule has 2 aromatic carbocycles. The molecule has 1 heterocycles. The van der Waals surface area contributed by atoms with Gasteiger partial charge in [-0.15, -0.1) is 0 Å². The van der Waals surface area contributed by atoms with Gasteiger partial charge in [-0.05, 0) is 67.1 Å². The van der Waals surface area contributed by atoms with E-state index < -0.39 is 0 Å². The van der Waals surface area contributed by atoms with Gasteiger partial charge < -0.3 is 14.4 Å². The van der Waals surface area contributed by atoms with Gasteiger partial charge in [0, 0.05) is 18.7 Å². The topological polar surface area (TPSA) is 38.8 Å². The standard InChI is InChI=1S/C23H27NO3/c1-3-16-27-22-10-6-20(7-11-22)23(25)24-14-12-19(13-15-24)17-18-4-8-21(26-2)9-5-18/h3-11,19H,1,12-17H2,2H3. The number of carbonyl (C=O) groups excluding carboxylic acids is 1. The van der Waals surface area contributed by atoms with Crippen molar-refractivity contribution in [2.24, 2.45) is 5.92 Å². The van der Waals surface area contributed by atoms with Crippen LogP contribution < -0.4 is 9.47 Å². The van der Waals surface area contributed by atoms with Crippen molar-refractivity contribution in [2.75, 3.05) is 26.8 Å². The highest BCUT2D eigenvalue weighted by Gasteiger charge is 2.23. The quantitative estimate of drug-likeness (QED) is 0.685. The van der Waals surface area contributed by atoms with Gasteiger partial charge in [0.15, 0.2) is 0 Å². The van der Waals surface area contributed by atoms with E-state index >= 15 is 0 Å². The van der Waals surface area contributed by atoms with Crippen molar-refractivity contribution < 1.29 is 14.3 Å². The first-order chi connectivity index (χ1) is 13.2. The minimum absolute atomic E-state index is 0.105. The molecule has 1 fully saturated rings. The van der Waals surface area contributed by atoms with Crippen molar-refractivity contribution in [3.05, 3.63) is 72.3 Å². The molecule has 0 bridgehead atoms. The van der Waals surface area contributed by atoms with Crippen molar-refractivity contribution in [2.45, 2.75) is 19.3 Å². The SMILES string of the molecule is C=CCOc1ccc(C(=O)N2CCC(Cc3ccc(OC)cc3)CC2)cc1. The van der Waals surface area contributed by atoms with Gasteiger partial charge in [0.2, 0.25) is 0 Å². The first-order valence-electron chi connectivity index (χ1n) is 9.45. The summed E-state index contributed by atoms with van der Waals surface area (Å²) >= 11 is 0. The normalized spacial score (nSPS) is 14.6. The van der Waals surface area contributed by atoms with Gasteiger partial charge in [-0.3, -0.25) is 4.79 Å². The number of piperidine rings is 1. The number of likely N-dealkylation sites (tertiary alicyclic amines) is 1. The molecule has 2 aromatic rings. The Bertz CT molecular complexity index is 744. The lowest BCUT2D eigenvalue weighted by molar-refractivity contribution is 0.0690. The summed E-state index contributed by atoms with van der Waals surface area (Å²) in [6.45, 7) is 5.73. The van der Waals surface area contributed by atoms with E-state index in [0.29, 0.717) is 12.5 Å². The zero-order valence-electron chi connectivity index (χ0n) is 15.9. The van der Waals surface area contributed by atoms with Gasteiger partial charge in [-0.2, -0.15) is 0 Å². The summed E-state index contributed by atoms with van der Waals surface area (Å²) in [7, 11) is 1.68. The van der Waals surface area contributed by atoms with E-state index in [-0.39, 0.29) is 5.91 Å². The third-order valence-corrected chi connectivity index (χ3v) is 5.05. The second-order valence-electron chi connectivity index (χ2n) is 6.91. The molecule has 0 atom stereocenters. The molecule has 0 N–H and O–H groups in total. The van der Waals surface area contributed by atoms with Crippen molar-refractivity contribution in [1.29, 1.82) is 0 Å². The molecule has 0 spiro atoms. The number of nitrogens with zero attached hydrogens (tertiary/aromatic N) is 1. The lowest BCUT2D eigenvalue weighted by atomic mass is 9.90. The predicted molar refractivity (Wildman–Crippen MR) is 107 cm³/mol. The Morgan fingerprint density at radius 2 is 1.70 bits per heavy atom. The molecule has 0 aliphatic carbocycles. The molecule has 142 valence electrons. The smallest absolute Gasteiger partial charge is 0.253 e. The van der Waals surface area contributed by atoms with Crippen molar-refractivity contribution in [3.8, 4) is 11.5 Å². The number of carbonyl (C=O) groups is 1. The summed E-state index contributed by atoms with van der Waals surface area (Å²) < 4.78 is 10.7. The van der Waals surface area contributed by atoms with Gasteiger partial charge in [-0.25, -0.2) is 0 Å². The second kappa shape index (κ2) is 9.26. The fourth-order valence-electron chi connectivity index (χ4n) is 3.47. The summed E-state index contributed by atoms with van der Waals surface area (Å²) in [6, 6.07) is 15.6. The summed E-state index contributed by atoms with van der Waals surface area (Å²) in [5, 5.41) is 0. The molecule has 1 saturated heterocycles. The number of benzene rings is 2. The van der Waals surface area contributed by atoms with Gasteiger partial charge in [0.05, 0.1) is 7.11 Å². The van der Waals surface area contributed by atoms with E-state index in [9.17, 15) is 4.79 Å². The minimum atomic E-state index is 0.105. The van der Waals surface area contributed by atoms with E-state index in [4.69, 9.17) is 9.47 Å². The van der Waals surface area contributed by atoms with Gasteiger partial charge >= 0.3 is 0 Å². The Morgan fingerprint density at radius 3 is 2.30 bits per heavy atom. The maximum absolute atomic E-state index is 12.7. The molecule has 0 aromatic heterocycles. The zero-order valence-corrected chi connectivity index (χ0v) is 15.9. The average Bonchev–Trinajstić information content (AvgIpc) is 2.73. The lowest BCUT2D eigenvalue weighted by Crippen LogP contribution is -2.38. The Hall–Kier alpha value is -2.75. The minimum Gasteiger partial charge on any atom is -0.497 e. The fraction of sp³-hybridized carbons (Fsp3) is 0.348.